The van der Waals surface area contributed by atoms with E-state index < -0.39 is 45.9 Å². The van der Waals surface area contributed by atoms with Crippen LogP contribution in [-0.4, -0.2) is 11.1 Å². The Hall–Kier alpha value is -1.25. The minimum absolute atomic E-state index is 0.0942. The van der Waals surface area contributed by atoms with Crippen molar-refractivity contribution in [3.05, 3.63) is 33.3 Å². The lowest BCUT2D eigenvalue weighted by molar-refractivity contribution is -0.143. The molecule has 106 valence electrons. The van der Waals surface area contributed by atoms with Gasteiger partial charge >= 0.3 is 18.3 Å². The summed E-state index contributed by atoms with van der Waals surface area (Å²) in [5.41, 5.74) is -3.86. The Morgan fingerprint density at radius 1 is 1.11 bits per heavy atom. The molecule has 0 fully saturated rings. The van der Waals surface area contributed by atoms with Crippen molar-refractivity contribution in [2.24, 2.45) is 0 Å². The van der Waals surface area contributed by atoms with E-state index in [1.807, 2.05) is 0 Å². The van der Waals surface area contributed by atoms with Crippen molar-refractivity contribution in [2.75, 3.05) is 0 Å². The second-order valence-corrected chi connectivity index (χ2v) is 4.40. The second kappa shape index (κ2) is 5.03. The summed E-state index contributed by atoms with van der Waals surface area (Å²) < 4.78 is 74.7. The standard InChI is InChI=1S/C10H5BrF6O2/c11-7-2-4(9(12,13)14)1-6(10(15,16)17)5(7)3-8(18)19/h1-2H,3H2,(H,18,19). The maximum atomic E-state index is 12.7. The quantitative estimate of drug-likeness (QED) is 0.815. The molecular formula is C10H5BrF6O2. The molecule has 0 aromatic heterocycles. The lowest BCUT2D eigenvalue weighted by Gasteiger charge is -2.16. The van der Waals surface area contributed by atoms with Gasteiger partial charge in [0.2, 0.25) is 0 Å². The van der Waals surface area contributed by atoms with Gasteiger partial charge in [-0.1, -0.05) is 15.9 Å². The number of carboxylic acid groups (broad SMARTS) is 1. The van der Waals surface area contributed by atoms with Gasteiger partial charge in [0.05, 0.1) is 17.5 Å². The first-order valence-corrected chi connectivity index (χ1v) is 5.41. The normalized spacial score (nSPS) is 12.6. The van der Waals surface area contributed by atoms with Gasteiger partial charge in [0, 0.05) is 4.47 Å². The van der Waals surface area contributed by atoms with Crippen LogP contribution in [0.4, 0.5) is 26.3 Å². The Bertz CT molecular complexity index is 506. The molecule has 0 radical (unpaired) electrons. The van der Waals surface area contributed by atoms with Crippen LogP contribution in [0, 0.1) is 0 Å². The molecule has 0 spiro atoms. The molecule has 19 heavy (non-hydrogen) atoms. The van der Waals surface area contributed by atoms with E-state index >= 15 is 0 Å². The Kier molecular flexibility index (Phi) is 4.18. The highest BCUT2D eigenvalue weighted by atomic mass is 79.9. The van der Waals surface area contributed by atoms with Crippen LogP contribution in [0.25, 0.3) is 0 Å². The first-order valence-electron chi connectivity index (χ1n) is 4.61. The third-order valence-corrected chi connectivity index (χ3v) is 2.86. The van der Waals surface area contributed by atoms with Crippen LogP contribution in [0.5, 0.6) is 0 Å². The number of carboxylic acids is 1. The molecule has 0 unspecified atom stereocenters. The fraction of sp³-hybridized carbons (Fsp3) is 0.300. The van der Waals surface area contributed by atoms with Crippen LogP contribution in [0.3, 0.4) is 0 Å². The lowest BCUT2D eigenvalue weighted by Crippen LogP contribution is -2.16. The van der Waals surface area contributed by atoms with Crippen molar-refractivity contribution < 1.29 is 36.2 Å². The van der Waals surface area contributed by atoms with Gasteiger partial charge in [-0.15, -0.1) is 0 Å². The van der Waals surface area contributed by atoms with Crippen molar-refractivity contribution in [3.63, 3.8) is 0 Å². The van der Waals surface area contributed by atoms with Crippen LogP contribution < -0.4 is 0 Å². The van der Waals surface area contributed by atoms with Gasteiger partial charge < -0.3 is 5.11 Å². The molecule has 0 aliphatic heterocycles. The average Bonchev–Trinajstić information content (AvgIpc) is 2.16. The van der Waals surface area contributed by atoms with Crippen LogP contribution in [0.2, 0.25) is 0 Å². The molecule has 0 bridgehead atoms. The van der Waals surface area contributed by atoms with Gasteiger partial charge in [-0.3, -0.25) is 4.79 Å². The Morgan fingerprint density at radius 2 is 1.63 bits per heavy atom. The lowest BCUT2D eigenvalue weighted by atomic mass is 10.0. The fourth-order valence-electron chi connectivity index (χ4n) is 1.38. The largest absolute Gasteiger partial charge is 0.481 e. The van der Waals surface area contributed by atoms with E-state index in [9.17, 15) is 31.1 Å². The van der Waals surface area contributed by atoms with Crippen LogP contribution in [0.1, 0.15) is 16.7 Å². The first kappa shape index (κ1) is 15.8. The number of hydrogen-bond donors (Lipinski definition) is 1. The third-order valence-electron chi connectivity index (χ3n) is 2.16. The summed E-state index contributed by atoms with van der Waals surface area (Å²) in [6.45, 7) is 0. The molecule has 0 aliphatic rings. The van der Waals surface area contributed by atoms with Crippen LogP contribution >= 0.6 is 15.9 Å². The number of rotatable bonds is 2. The van der Waals surface area contributed by atoms with Gasteiger partial charge in [0.25, 0.3) is 0 Å². The maximum Gasteiger partial charge on any atom is 0.416 e. The molecule has 1 rings (SSSR count). The highest BCUT2D eigenvalue weighted by Gasteiger charge is 2.39. The van der Waals surface area contributed by atoms with E-state index in [1.54, 1.807) is 0 Å². The monoisotopic (exact) mass is 350 g/mol. The van der Waals surface area contributed by atoms with Gasteiger partial charge in [0.15, 0.2) is 0 Å². The van der Waals surface area contributed by atoms with E-state index in [1.165, 1.54) is 0 Å². The predicted octanol–water partition coefficient (Wildman–Crippen LogP) is 4.11. The molecule has 0 saturated heterocycles. The highest BCUT2D eigenvalue weighted by molar-refractivity contribution is 9.10. The number of hydrogen-bond acceptors (Lipinski definition) is 1. The minimum atomic E-state index is -5.07. The van der Waals surface area contributed by atoms with Gasteiger partial charge in [-0.25, -0.2) is 0 Å². The highest BCUT2D eigenvalue weighted by Crippen LogP contribution is 2.40. The molecule has 0 atom stereocenters. The molecule has 0 amide bonds. The van der Waals surface area contributed by atoms with E-state index in [0.29, 0.717) is 6.07 Å². The Balaban J connectivity index is 3.52. The Labute approximate surface area is 111 Å². The topological polar surface area (TPSA) is 37.3 Å². The van der Waals surface area contributed by atoms with E-state index in [4.69, 9.17) is 5.11 Å². The zero-order chi connectivity index (χ0) is 15.0. The number of aliphatic carboxylic acids is 1. The third kappa shape index (κ3) is 3.85. The summed E-state index contributed by atoms with van der Waals surface area (Å²) in [4.78, 5) is 10.5. The van der Waals surface area contributed by atoms with E-state index in [2.05, 4.69) is 15.9 Å². The second-order valence-electron chi connectivity index (χ2n) is 3.55. The van der Waals surface area contributed by atoms with E-state index in [0.717, 1.165) is 0 Å². The van der Waals surface area contributed by atoms with Crippen molar-refractivity contribution >= 4 is 21.9 Å². The average molecular weight is 351 g/mol. The van der Waals surface area contributed by atoms with Gasteiger partial charge in [0.1, 0.15) is 0 Å². The molecule has 9 heteroatoms. The van der Waals surface area contributed by atoms with Crippen LogP contribution in [0.15, 0.2) is 16.6 Å². The molecule has 0 saturated carbocycles. The molecule has 1 N–H and O–H groups in total. The SMILES string of the molecule is O=C(O)Cc1c(Br)cc(C(F)(F)F)cc1C(F)(F)F. The summed E-state index contributed by atoms with van der Waals surface area (Å²) >= 11 is 2.55. The first-order chi connectivity index (χ1) is 8.43. The van der Waals surface area contributed by atoms with Crippen molar-refractivity contribution in [1.29, 1.82) is 0 Å². The van der Waals surface area contributed by atoms with Gasteiger partial charge in [-0.2, -0.15) is 26.3 Å². The predicted molar refractivity (Wildman–Crippen MR) is 55.5 cm³/mol. The Morgan fingerprint density at radius 3 is 2.00 bits per heavy atom. The minimum Gasteiger partial charge on any atom is -0.481 e. The number of benzene rings is 1. The maximum absolute atomic E-state index is 12.7. The zero-order valence-electron chi connectivity index (χ0n) is 8.86. The molecule has 0 aliphatic carbocycles. The smallest absolute Gasteiger partial charge is 0.416 e. The van der Waals surface area contributed by atoms with Gasteiger partial charge in [-0.05, 0) is 17.7 Å². The number of carbonyl (C=O) groups is 1. The number of alkyl halides is 6. The van der Waals surface area contributed by atoms with Crippen molar-refractivity contribution in [3.8, 4) is 0 Å². The van der Waals surface area contributed by atoms with Crippen molar-refractivity contribution in [1.82, 2.24) is 0 Å². The van der Waals surface area contributed by atoms with Crippen LogP contribution in [-0.2, 0) is 23.6 Å². The molecule has 1 aromatic carbocycles. The summed E-state index contributed by atoms with van der Waals surface area (Å²) in [5, 5.41) is 8.50. The fourth-order valence-corrected chi connectivity index (χ4v) is 1.98. The molecule has 1 aromatic rings. The number of halogens is 7. The van der Waals surface area contributed by atoms with Crippen molar-refractivity contribution in [2.45, 2.75) is 18.8 Å². The zero-order valence-corrected chi connectivity index (χ0v) is 10.4. The molecular weight excluding hydrogens is 346 g/mol. The summed E-state index contributed by atoms with van der Waals surface area (Å²) in [5.74, 6) is -1.58. The summed E-state index contributed by atoms with van der Waals surface area (Å²) in [6.07, 6.45) is -11.1. The molecule has 2 nitrogen and oxygen atoms in total. The van der Waals surface area contributed by atoms with E-state index in [-0.39, 0.29) is 6.07 Å². The summed E-state index contributed by atoms with van der Waals surface area (Å²) in [6, 6.07) is 0.330. The molecule has 0 heterocycles. The summed E-state index contributed by atoms with van der Waals surface area (Å²) in [7, 11) is 0.